The fraction of sp³-hybridized carbons (Fsp3) is 0.357. The van der Waals surface area contributed by atoms with Gasteiger partial charge in [-0.15, -0.1) is 0 Å². The normalized spacial score (nSPS) is 21.3. The maximum atomic E-state index is 6.21. The Balaban J connectivity index is 2.04. The Morgan fingerprint density at radius 3 is 3.06 bits per heavy atom. The number of hydrogen-bond donors (Lipinski definition) is 1. The topological polar surface area (TPSA) is 28.2 Å². The number of hydrogen-bond acceptors (Lipinski definition) is 3. The Morgan fingerprint density at radius 2 is 2.22 bits per heavy atom. The summed E-state index contributed by atoms with van der Waals surface area (Å²) in [7, 11) is 2.14. The van der Waals surface area contributed by atoms with Crippen LogP contribution in [0.3, 0.4) is 0 Å². The number of halogens is 1. The van der Waals surface area contributed by atoms with Crippen LogP contribution in [0.2, 0.25) is 5.02 Å². The van der Waals surface area contributed by atoms with E-state index >= 15 is 0 Å². The van der Waals surface area contributed by atoms with E-state index in [1.165, 1.54) is 0 Å². The highest BCUT2D eigenvalue weighted by atomic mass is 35.5. The number of benzene rings is 1. The first-order chi connectivity index (χ1) is 8.75. The van der Waals surface area contributed by atoms with Crippen molar-refractivity contribution < 1.29 is 0 Å². The molecule has 0 bridgehead atoms. The number of nitrogens with one attached hydrogen (secondary N) is 1. The van der Waals surface area contributed by atoms with Gasteiger partial charge >= 0.3 is 0 Å². The Kier molecular flexibility index (Phi) is 3.20. The Bertz CT molecular complexity index is 570. The van der Waals surface area contributed by atoms with E-state index in [4.69, 9.17) is 16.6 Å². The number of rotatable bonds is 1. The Morgan fingerprint density at radius 1 is 1.33 bits per heavy atom. The monoisotopic (exact) mass is 261 g/mol. The van der Waals surface area contributed by atoms with Gasteiger partial charge in [-0.25, -0.2) is 4.98 Å². The molecular formula is C14H16ClN3. The molecule has 0 radical (unpaired) electrons. The summed E-state index contributed by atoms with van der Waals surface area (Å²) in [6.07, 6.45) is 0. The predicted molar refractivity (Wildman–Crippen MR) is 75.0 cm³/mol. The minimum atomic E-state index is 0.333. The van der Waals surface area contributed by atoms with Gasteiger partial charge in [-0.05, 0) is 19.2 Å². The van der Waals surface area contributed by atoms with Gasteiger partial charge < -0.3 is 5.32 Å². The van der Waals surface area contributed by atoms with Crippen LogP contribution in [0.25, 0.3) is 10.9 Å². The van der Waals surface area contributed by atoms with Crippen LogP contribution in [-0.2, 0) is 0 Å². The summed E-state index contributed by atoms with van der Waals surface area (Å²) in [6.45, 7) is 3.04. The molecule has 0 saturated carbocycles. The summed E-state index contributed by atoms with van der Waals surface area (Å²) in [4.78, 5) is 7.07. The van der Waals surface area contributed by atoms with Crippen molar-refractivity contribution in [2.45, 2.75) is 6.04 Å². The van der Waals surface area contributed by atoms with E-state index in [1.54, 1.807) is 0 Å². The van der Waals surface area contributed by atoms with Gasteiger partial charge in [-0.1, -0.05) is 29.8 Å². The lowest BCUT2D eigenvalue weighted by Crippen LogP contribution is -2.44. The smallest absolute Gasteiger partial charge is 0.0892 e. The maximum absolute atomic E-state index is 6.21. The molecule has 4 heteroatoms. The first-order valence-electron chi connectivity index (χ1n) is 6.22. The van der Waals surface area contributed by atoms with Crippen molar-refractivity contribution in [1.82, 2.24) is 15.2 Å². The van der Waals surface area contributed by atoms with Gasteiger partial charge in [0.2, 0.25) is 0 Å². The van der Waals surface area contributed by atoms with Crippen molar-refractivity contribution >= 4 is 22.5 Å². The number of para-hydroxylation sites is 1. The number of pyridine rings is 1. The van der Waals surface area contributed by atoms with E-state index in [9.17, 15) is 0 Å². The largest absolute Gasteiger partial charge is 0.313 e. The minimum Gasteiger partial charge on any atom is -0.313 e. The number of nitrogens with zero attached hydrogens (tertiary/aromatic N) is 2. The lowest BCUT2D eigenvalue weighted by Gasteiger charge is -2.32. The van der Waals surface area contributed by atoms with E-state index in [1.807, 2.05) is 18.2 Å². The van der Waals surface area contributed by atoms with Crippen LogP contribution in [-0.4, -0.2) is 36.6 Å². The van der Waals surface area contributed by atoms with Crippen LogP contribution < -0.4 is 5.32 Å². The maximum Gasteiger partial charge on any atom is 0.0892 e. The van der Waals surface area contributed by atoms with Gasteiger partial charge in [-0.3, -0.25) is 4.90 Å². The third-order valence-electron chi connectivity index (χ3n) is 3.54. The van der Waals surface area contributed by atoms with Gasteiger partial charge in [0.25, 0.3) is 0 Å². The van der Waals surface area contributed by atoms with Crippen molar-refractivity contribution in [3.8, 4) is 0 Å². The van der Waals surface area contributed by atoms with Crippen LogP contribution in [0.1, 0.15) is 11.7 Å². The third kappa shape index (κ3) is 2.09. The van der Waals surface area contributed by atoms with E-state index < -0.39 is 0 Å². The Labute approximate surface area is 112 Å². The molecule has 2 aromatic rings. The van der Waals surface area contributed by atoms with Crippen molar-refractivity contribution in [2.75, 3.05) is 26.7 Å². The lowest BCUT2D eigenvalue weighted by molar-refractivity contribution is 0.199. The molecule has 1 aromatic carbocycles. The molecule has 2 heterocycles. The zero-order valence-corrected chi connectivity index (χ0v) is 11.1. The van der Waals surface area contributed by atoms with Crippen molar-refractivity contribution in [3.05, 3.63) is 41.0 Å². The summed E-state index contributed by atoms with van der Waals surface area (Å²) in [5.74, 6) is 0. The first kappa shape index (κ1) is 11.9. The fourth-order valence-corrected chi connectivity index (χ4v) is 2.67. The highest BCUT2D eigenvalue weighted by molar-refractivity contribution is 6.35. The van der Waals surface area contributed by atoms with E-state index in [-0.39, 0.29) is 0 Å². The van der Waals surface area contributed by atoms with Crippen molar-refractivity contribution in [1.29, 1.82) is 0 Å². The van der Waals surface area contributed by atoms with Gasteiger partial charge in [0.15, 0.2) is 0 Å². The fourth-order valence-electron chi connectivity index (χ4n) is 2.45. The summed E-state index contributed by atoms with van der Waals surface area (Å²) in [5.41, 5.74) is 1.99. The summed E-state index contributed by atoms with van der Waals surface area (Å²) in [6, 6.07) is 10.4. The van der Waals surface area contributed by atoms with E-state index in [0.717, 1.165) is 41.3 Å². The predicted octanol–water partition coefficient (Wildman–Crippen LogP) is 2.46. The zero-order chi connectivity index (χ0) is 12.5. The first-order valence-corrected chi connectivity index (χ1v) is 6.59. The molecule has 0 amide bonds. The SMILES string of the molecule is CN1CCNCC1c1ccc2cccc(Cl)c2n1. The van der Waals surface area contributed by atoms with Gasteiger partial charge in [0, 0.05) is 25.0 Å². The number of likely N-dealkylation sites (N-methyl/N-ethyl adjacent to an activating group) is 1. The highest BCUT2D eigenvalue weighted by Crippen LogP contribution is 2.25. The molecule has 1 N–H and O–H groups in total. The molecule has 18 heavy (non-hydrogen) atoms. The van der Waals surface area contributed by atoms with Gasteiger partial charge in [0.1, 0.15) is 0 Å². The molecule has 3 rings (SSSR count). The molecule has 0 aliphatic carbocycles. The molecule has 1 aliphatic heterocycles. The molecule has 1 aromatic heterocycles. The number of piperazine rings is 1. The van der Waals surface area contributed by atoms with Crippen molar-refractivity contribution in [3.63, 3.8) is 0 Å². The van der Waals surface area contributed by atoms with Crippen LogP contribution in [0.15, 0.2) is 30.3 Å². The van der Waals surface area contributed by atoms with Crippen molar-refractivity contribution in [2.24, 2.45) is 0 Å². The Hall–Kier alpha value is -1.16. The molecule has 0 spiro atoms. The second kappa shape index (κ2) is 4.84. The average Bonchev–Trinajstić information content (AvgIpc) is 2.40. The van der Waals surface area contributed by atoms with Crippen LogP contribution in [0.5, 0.6) is 0 Å². The second-order valence-corrected chi connectivity index (χ2v) is 5.16. The summed E-state index contributed by atoms with van der Waals surface area (Å²) < 4.78 is 0. The summed E-state index contributed by atoms with van der Waals surface area (Å²) >= 11 is 6.21. The highest BCUT2D eigenvalue weighted by Gasteiger charge is 2.21. The zero-order valence-electron chi connectivity index (χ0n) is 10.4. The molecule has 1 saturated heterocycles. The third-order valence-corrected chi connectivity index (χ3v) is 3.85. The standard InChI is InChI=1S/C14H16ClN3/c1-18-8-7-16-9-13(18)12-6-5-10-3-2-4-11(15)14(10)17-12/h2-6,13,16H,7-9H2,1H3. The van der Waals surface area contributed by atoms with Crippen LogP contribution in [0.4, 0.5) is 0 Å². The minimum absolute atomic E-state index is 0.333. The molecule has 1 unspecified atom stereocenters. The summed E-state index contributed by atoms with van der Waals surface area (Å²) in [5, 5.41) is 5.23. The molecule has 1 atom stereocenters. The lowest BCUT2D eigenvalue weighted by atomic mass is 10.1. The van der Waals surface area contributed by atoms with Crippen LogP contribution in [0, 0.1) is 0 Å². The van der Waals surface area contributed by atoms with Gasteiger partial charge in [0.05, 0.1) is 22.3 Å². The van der Waals surface area contributed by atoms with Crippen LogP contribution >= 0.6 is 11.6 Å². The average molecular weight is 262 g/mol. The molecule has 3 nitrogen and oxygen atoms in total. The molecule has 94 valence electrons. The molecular weight excluding hydrogens is 246 g/mol. The van der Waals surface area contributed by atoms with Gasteiger partial charge in [-0.2, -0.15) is 0 Å². The number of aromatic nitrogens is 1. The molecule has 1 fully saturated rings. The quantitative estimate of drug-likeness (QED) is 0.855. The number of fused-ring (bicyclic) bond motifs is 1. The molecule has 1 aliphatic rings. The van der Waals surface area contributed by atoms with E-state index in [2.05, 4.69) is 29.4 Å². The van der Waals surface area contributed by atoms with E-state index in [0.29, 0.717) is 6.04 Å². The second-order valence-electron chi connectivity index (χ2n) is 4.75.